The van der Waals surface area contributed by atoms with E-state index >= 15 is 0 Å². The van der Waals surface area contributed by atoms with Crippen LogP contribution in [0.15, 0.2) is 18.3 Å². The van der Waals surface area contributed by atoms with Gasteiger partial charge in [0.25, 0.3) is 0 Å². The van der Waals surface area contributed by atoms with Crippen LogP contribution in [0.1, 0.15) is 12.5 Å². The summed E-state index contributed by atoms with van der Waals surface area (Å²) >= 11 is -1.87. The Labute approximate surface area is 79.1 Å². The first-order valence-electron chi connectivity index (χ1n) is 4.49. The third-order valence-electron chi connectivity index (χ3n) is 2.00. The molecule has 0 radical (unpaired) electrons. The van der Waals surface area contributed by atoms with Crippen molar-refractivity contribution in [2.75, 3.05) is 0 Å². The summed E-state index contributed by atoms with van der Waals surface area (Å²) in [6.07, 6.45) is 3.12. The minimum absolute atomic E-state index is 1.09. The molecule has 66 valence electrons. The van der Waals surface area contributed by atoms with Gasteiger partial charge in [0, 0.05) is 0 Å². The first-order chi connectivity index (χ1) is 5.54. The van der Waals surface area contributed by atoms with Crippen molar-refractivity contribution in [2.24, 2.45) is 0 Å². The molecule has 0 fully saturated rings. The molecule has 1 heterocycles. The Bertz CT molecular complexity index is 246. The fourth-order valence-corrected chi connectivity index (χ4v) is 4.03. The number of aromatic nitrogens is 1. The number of hydrogen-bond acceptors (Lipinski definition) is 1. The van der Waals surface area contributed by atoms with E-state index in [0.717, 1.165) is 6.42 Å². The van der Waals surface area contributed by atoms with Crippen LogP contribution in [-0.2, 0) is 6.42 Å². The topological polar surface area (TPSA) is 12.9 Å². The summed E-state index contributed by atoms with van der Waals surface area (Å²) in [5, 5.41) is 0. The van der Waals surface area contributed by atoms with Crippen molar-refractivity contribution >= 4 is 22.1 Å². The van der Waals surface area contributed by atoms with Crippen molar-refractivity contribution in [3.63, 3.8) is 0 Å². The van der Waals surface area contributed by atoms with E-state index in [0.29, 0.717) is 0 Å². The molecular weight excluding hydrogens is 253 g/mol. The van der Waals surface area contributed by atoms with Crippen LogP contribution in [0.2, 0.25) is 14.8 Å². The zero-order valence-electron chi connectivity index (χ0n) is 8.39. The first-order valence-corrected chi connectivity index (χ1v) is 14.5. The third kappa shape index (κ3) is 2.47. The van der Waals surface area contributed by atoms with Crippen LogP contribution in [0.25, 0.3) is 0 Å². The molecule has 0 atom stereocenters. The first kappa shape index (κ1) is 10.0. The van der Waals surface area contributed by atoms with E-state index in [-0.39, 0.29) is 0 Å². The molecule has 2 heteroatoms. The Hall–Kier alpha value is -0.0513. The molecule has 0 aliphatic heterocycles. The van der Waals surface area contributed by atoms with Gasteiger partial charge in [-0.05, 0) is 0 Å². The van der Waals surface area contributed by atoms with Crippen LogP contribution in [0, 0.1) is 0 Å². The van der Waals surface area contributed by atoms with Crippen molar-refractivity contribution in [3.05, 3.63) is 23.9 Å². The zero-order valence-corrected chi connectivity index (χ0v) is 11.2. The van der Waals surface area contributed by atoms with Crippen LogP contribution in [0.4, 0.5) is 0 Å². The van der Waals surface area contributed by atoms with Gasteiger partial charge < -0.3 is 0 Å². The second-order valence-electron chi connectivity index (χ2n) is 4.16. The number of hydrogen-bond donors (Lipinski definition) is 0. The van der Waals surface area contributed by atoms with E-state index in [1.54, 1.807) is 0 Å². The van der Waals surface area contributed by atoms with Gasteiger partial charge in [0.15, 0.2) is 0 Å². The quantitative estimate of drug-likeness (QED) is 0.750. The molecule has 0 amide bonds. The SMILES string of the molecule is CCc1cc[c]([Sn]([CH3])([CH3])[CH3])nc1. The molecular formula is C10H17NSn. The average molecular weight is 270 g/mol. The van der Waals surface area contributed by atoms with Crippen LogP contribution >= 0.6 is 0 Å². The molecule has 1 rings (SSSR count). The fraction of sp³-hybridized carbons (Fsp3) is 0.500. The second kappa shape index (κ2) is 3.77. The normalized spacial score (nSPS) is 11.7. The Morgan fingerprint density at radius 1 is 1.25 bits per heavy atom. The summed E-state index contributed by atoms with van der Waals surface area (Å²) in [6, 6.07) is 4.43. The number of pyridine rings is 1. The molecule has 0 aliphatic rings. The van der Waals surface area contributed by atoms with Crippen LogP contribution < -0.4 is 3.71 Å². The van der Waals surface area contributed by atoms with Crippen molar-refractivity contribution < 1.29 is 0 Å². The molecule has 0 unspecified atom stereocenters. The van der Waals surface area contributed by atoms with Gasteiger partial charge in [-0.25, -0.2) is 0 Å². The Kier molecular flexibility index (Phi) is 3.15. The van der Waals surface area contributed by atoms with Crippen molar-refractivity contribution in [2.45, 2.75) is 28.2 Å². The van der Waals surface area contributed by atoms with Gasteiger partial charge >= 0.3 is 79.1 Å². The predicted octanol–water partition coefficient (Wildman–Crippen LogP) is 2.19. The molecule has 12 heavy (non-hydrogen) atoms. The molecule has 0 N–H and O–H groups in total. The van der Waals surface area contributed by atoms with Crippen LogP contribution in [-0.4, -0.2) is 23.4 Å². The van der Waals surface area contributed by atoms with E-state index in [4.69, 9.17) is 0 Å². The maximum absolute atomic E-state index is 4.51. The second-order valence-corrected chi connectivity index (χ2v) is 18.5. The molecule has 1 aromatic rings. The van der Waals surface area contributed by atoms with Gasteiger partial charge in [-0.15, -0.1) is 0 Å². The molecule has 0 spiro atoms. The number of nitrogens with zero attached hydrogens (tertiary/aromatic N) is 1. The molecule has 0 bridgehead atoms. The summed E-state index contributed by atoms with van der Waals surface area (Å²) in [4.78, 5) is 11.7. The van der Waals surface area contributed by atoms with Crippen LogP contribution in [0.3, 0.4) is 0 Å². The Morgan fingerprint density at radius 2 is 1.92 bits per heavy atom. The standard InChI is InChI=1S/C7H8N.3CH3.Sn/c1-2-7-4-3-5-8-6-7;;;;/h3-4,6H,2H2,1H3;3*1H3;. The van der Waals surface area contributed by atoms with Gasteiger partial charge in [-0.3, -0.25) is 0 Å². The molecule has 0 aliphatic carbocycles. The van der Waals surface area contributed by atoms with Crippen molar-refractivity contribution in [1.29, 1.82) is 0 Å². The molecule has 0 aromatic carbocycles. The van der Waals surface area contributed by atoms with Gasteiger partial charge in [0.05, 0.1) is 0 Å². The number of aryl methyl sites for hydroxylation is 1. The minimum atomic E-state index is -1.87. The Balaban J connectivity index is 2.93. The maximum atomic E-state index is 4.51. The van der Waals surface area contributed by atoms with Gasteiger partial charge in [0.1, 0.15) is 0 Å². The third-order valence-corrected chi connectivity index (χ3v) is 7.23. The molecule has 0 saturated carbocycles. The summed E-state index contributed by atoms with van der Waals surface area (Å²) in [7, 11) is 0. The van der Waals surface area contributed by atoms with E-state index in [2.05, 4.69) is 38.9 Å². The van der Waals surface area contributed by atoms with E-state index in [9.17, 15) is 0 Å². The van der Waals surface area contributed by atoms with Gasteiger partial charge in [-0.2, -0.15) is 0 Å². The fourth-order valence-electron chi connectivity index (χ4n) is 1.08. The summed E-state index contributed by atoms with van der Waals surface area (Å²) in [5.74, 6) is 0. The van der Waals surface area contributed by atoms with Gasteiger partial charge in [0.2, 0.25) is 0 Å². The van der Waals surface area contributed by atoms with Crippen LogP contribution in [0.5, 0.6) is 0 Å². The van der Waals surface area contributed by atoms with Crippen molar-refractivity contribution in [3.8, 4) is 0 Å². The van der Waals surface area contributed by atoms with E-state index in [1.807, 2.05) is 6.20 Å². The molecule has 0 saturated heterocycles. The van der Waals surface area contributed by atoms with E-state index < -0.39 is 18.4 Å². The summed E-state index contributed by atoms with van der Waals surface area (Å²) in [5.41, 5.74) is 1.34. The summed E-state index contributed by atoms with van der Waals surface area (Å²) in [6.45, 7) is 2.16. The van der Waals surface area contributed by atoms with E-state index in [1.165, 1.54) is 9.27 Å². The van der Waals surface area contributed by atoms with Crippen molar-refractivity contribution in [1.82, 2.24) is 4.98 Å². The van der Waals surface area contributed by atoms with Gasteiger partial charge in [-0.1, -0.05) is 0 Å². The summed E-state index contributed by atoms with van der Waals surface area (Å²) < 4.78 is 1.38. The Morgan fingerprint density at radius 3 is 2.25 bits per heavy atom. The molecule has 1 aromatic heterocycles. The molecule has 1 nitrogen and oxygen atoms in total. The predicted molar refractivity (Wildman–Crippen MR) is 56.6 cm³/mol. The monoisotopic (exact) mass is 271 g/mol. The average Bonchev–Trinajstić information content (AvgIpc) is 2.03. The zero-order chi connectivity index (χ0) is 9.19. The number of rotatable bonds is 2.